The number of nitrogens with one attached hydrogen (secondary N) is 2. The highest BCUT2D eigenvalue weighted by atomic mass is 35.5. The second kappa shape index (κ2) is 7.27. The van der Waals surface area contributed by atoms with Crippen LogP contribution in [0.4, 0.5) is 11.4 Å². The first-order valence-corrected chi connectivity index (χ1v) is 7.01. The Morgan fingerprint density at radius 3 is 2.60 bits per heavy atom. The smallest absolute Gasteiger partial charge is 0.120 e. The van der Waals surface area contributed by atoms with E-state index in [2.05, 4.69) is 10.6 Å². The van der Waals surface area contributed by atoms with Gasteiger partial charge in [-0.3, -0.25) is 0 Å². The number of methoxy groups -OCH3 is 1. The van der Waals surface area contributed by atoms with Gasteiger partial charge in [0.25, 0.3) is 0 Å². The molecule has 0 spiro atoms. The van der Waals surface area contributed by atoms with Gasteiger partial charge >= 0.3 is 0 Å². The maximum atomic E-state index is 6.07. The van der Waals surface area contributed by atoms with Gasteiger partial charge in [-0.1, -0.05) is 29.3 Å². The summed E-state index contributed by atoms with van der Waals surface area (Å²) in [6, 6.07) is 13.2. The minimum absolute atomic E-state index is 0.663. The molecule has 3 nitrogen and oxygen atoms in total. The Morgan fingerprint density at radius 2 is 1.80 bits per heavy atom. The molecule has 0 heterocycles. The van der Waals surface area contributed by atoms with Crippen LogP contribution in [0.25, 0.3) is 0 Å². The van der Waals surface area contributed by atoms with Gasteiger partial charge in [-0.25, -0.2) is 0 Å². The zero-order valence-corrected chi connectivity index (χ0v) is 12.6. The van der Waals surface area contributed by atoms with Crippen molar-refractivity contribution in [3.8, 4) is 5.75 Å². The number of hydrogen-bond acceptors (Lipinski definition) is 3. The fraction of sp³-hybridized carbons (Fsp3) is 0.200. The highest BCUT2D eigenvalue weighted by molar-refractivity contribution is 6.35. The van der Waals surface area contributed by atoms with E-state index in [0.717, 1.165) is 30.2 Å². The highest BCUT2D eigenvalue weighted by Gasteiger charge is 2.00. The van der Waals surface area contributed by atoms with Crippen molar-refractivity contribution >= 4 is 34.6 Å². The van der Waals surface area contributed by atoms with E-state index in [4.69, 9.17) is 27.9 Å². The van der Waals surface area contributed by atoms with Crippen LogP contribution in [0.5, 0.6) is 5.75 Å². The van der Waals surface area contributed by atoms with Crippen molar-refractivity contribution in [2.75, 3.05) is 30.8 Å². The van der Waals surface area contributed by atoms with Crippen LogP contribution in [0.15, 0.2) is 42.5 Å². The van der Waals surface area contributed by atoms with Crippen molar-refractivity contribution < 1.29 is 4.74 Å². The van der Waals surface area contributed by atoms with E-state index in [-0.39, 0.29) is 0 Å². The summed E-state index contributed by atoms with van der Waals surface area (Å²) in [5.41, 5.74) is 1.86. The molecule has 0 fully saturated rings. The van der Waals surface area contributed by atoms with E-state index in [9.17, 15) is 0 Å². The van der Waals surface area contributed by atoms with Crippen molar-refractivity contribution in [2.24, 2.45) is 0 Å². The predicted octanol–water partition coefficient (Wildman–Crippen LogP) is 4.53. The Bertz CT molecular complexity index is 576. The summed E-state index contributed by atoms with van der Waals surface area (Å²) in [6.07, 6.45) is 0. The molecule has 2 aromatic rings. The third-order valence-electron chi connectivity index (χ3n) is 2.77. The summed E-state index contributed by atoms with van der Waals surface area (Å²) < 4.78 is 5.17. The van der Waals surface area contributed by atoms with Gasteiger partial charge in [-0.2, -0.15) is 0 Å². The molecule has 0 atom stereocenters. The second-order valence-electron chi connectivity index (χ2n) is 4.21. The van der Waals surface area contributed by atoms with Crippen LogP contribution in [0, 0.1) is 0 Å². The maximum absolute atomic E-state index is 6.07. The minimum atomic E-state index is 0.663. The third kappa shape index (κ3) is 4.22. The fourth-order valence-electron chi connectivity index (χ4n) is 1.77. The predicted molar refractivity (Wildman–Crippen MR) is 86.4 cm³/mol. The van der Waals surface area contributed by atoms with Crippen molar-refractivity contribution in [1.82, 2.24) is 0 Å². The molecular formula is C15H16Cl2N2O. The van der Waals surface area contributed by atoms with E-state index in [1.54, 1.807) is 19.2 Å². The summed E-state index contributed by atoms with van der Waals surface area (Å²) in [5.74, 6) is 0.834. The number of halogens is 2. The zero-order chi connectivity index (χ0) is 14.4. The van der Waals surface area contributed by atoms with Gasteiger partial charge in [-0.15, -0.1) is 0 Å². The van der Waals surface area contributed by atoms with Crippen LogP contribution in [0.1, 0.15) is 0 Å². The number of rotatable bonds is 6. The molecule has 2 aromatic carbocycles. The third-order valence-corrected chi connectivity index (χ3v) is 3.33. The lowest BCUT2D eigenvalue weighted by atomic mass is 10.3. The number of benzene rings is 2. The normalized spacial score (nSPS) is 10.2. The highest BCUT2D eigenvalue weighted by Crippen LogP contribution is 2.25. The average molecular weight is 311 g/mol. The largest absolute Gasteiger partial charge is 0.497 e. The molecule has 0 amide bonds. The second-order valence-corrected chi connectivity index (χ2v) is 5.05. The minimum Gasteiger partial charge on any atom is -0.497 e. The molecule has 0 radical (unpaired) electrons. The number of ether oxygens (including phenoxy) is 1. The van der Waals surface area contributed by atoms with Gasteiger partial charge in [0, 0.05) is 29.9 Å². The molecule has 5 heteroatoms. The monoisotopic (exact) mass is 310 g/mol. The van der Waals surface area contributed by atoms with E-state index >= 15 is 0 Å². The molecule has 0 aliphatic carbocycles. The lowest BCUT2D eigenvalue weighted by Gasteiger charge is -2.11. The SMILES string of the molecule is COc1cccc(NCCNc2cc(Cl)ccc2Cl)c1. The Hall–Kier alpha value is -1.58. The lowest BCUT2D eigenvalue weighted by Crippen LogP contribution is -2.13. The van der Waals surface area contributed by atoms with Gasteiger partial charge in [0.2, 0.25) is 0 Å². The quantitative estimate of drug-likeness (QED) is 0.769. The Labute approximate surface area is 128 Å². The van der Waals surface area contributed by atoms with E-state index in [1.165, 1.54) is 0 Å². The van der Waals surface area contributed by atoms with Crippen LogP contribution >= 0.6 is 23.2 Å². The van der Waals surface area contributed by atoms with E-state index in [0.29, 0.717) is 10.0 Å². The first kappa shape index (κ1) is 14.8. The van der Waals surface area contributed by atoms with Gasteiger partial charge in [0.1, 0.15) is 5.75 Å². The molecule has 106 valence electrons. The van der Waals surface area contributed by atoms with Crippen molar-refractivity contribution in [3.05, 3.63) is 52.5 Å². The molecule has 2 rings (SSSR count). The molecule has 0 bridgehead atoms. The lowest BCUT2D eigenvalue weighted by molar-refractivity contribution is 0.415. The molecule has 0 saturated carbocycles. The van der Waals surface area contributed by atoms with Gasteiger partial charge in [0.15, 0.2) is 0 Å². The molecule has 20 heavy (non-hydrogen) atoms. The van der Waals surface area contributed by atoms with Crippen molar-refractivity contribution in [1.29, 1.82) is 0 Å². The van der Waals surface area contributed by atoms with Crippen LogP contribution in [0.3, 0.4) is 0 Å². The maximum Gasteiger partial charge on any atom is 0.120 e. The zero-order valence-electron chi connectivity index (χ0n) is 11.1. The molecule has 2 N–H and O–H groups in total. The van der Waals surface area contributed by atoms with E-state index < -0.39 is 0 Å². The van der Waals surface area contributed by atoms with Gasteiger partial charge < -0.3 is 15.4 Å². The molecule has 0 aliphatic heterocycles. The molecule has 0 aromatic heterocycles. The van der Waals surface area contributed by atoms with Crippen LogP contribution < -0.4 is 15.4 Å². The molecule has 0 saturated heterocycles. The van der Waals surface area contributed by atoms with Crippen LogP contribution in [0.2, 0.25) is 10.0 Å². The Morgan fingerprint density at radius 1 is 1.00 bits per heavy atom. The van der Waals surface area contributed by atoms with Crippen molar-refractivity contribution in [3.63, 3.8) is 0 Å². The number of anilines is 2. The molecular weight excluding hydrogens is 295 g/mol. The topological polar surface area (TPSA) is 33.3 Å². The van der Waals surface area contributed by atoms with Crippen LogP contribution in [-0.2, 0) is 0 Å². The first-order valence-electron chi connectivity index (χ1n) is 6.26. The molecule has 0 aliphatic rings. The number of hydrogen-bond donors (Lipinski definition) is 2. The first-order chi connectivity index (χ1) is 9.69. The summed E-state index contributed by atoms with van der Waals surface area (Å²) in [6.45, 7) is 1.49. The standard InChI is InChI=1S/C15H16Cl2N2O/c1-20-13-4-2-3-12(10-13)18-7-8-19-15-9-11(16)5-6-14(15)17/h2-6,9-10,18-19H,7-8H2,1H3. The van der Waals surface area contributed by atoms with Crippen molar-refractivity contribution in [2.45, 2.75) is 0 Å². The van der Waals surface area contributed by atoms with E-state index in [1.807, 2.05) is 30.3 Å². The average Bonchev–Trinajstić information content (AvgIpc) is 2.47. The summed E-state index contributed by atoms with van der Waals surface area (Å²) in [5, 5.41) is 7.87. The molecule has 0 unspecified atom stereocenters. The summed E-state index contributed by atoms with van der Waals surface area (Å²) in [7, 11) is 1.65. The van der Waals surface area contributed by atoms with Crippen LogP contribution in [-0.4, -0.2) is 20.2 Å². The Balaban J connectivity index is 1.82. The Kier molecular flexibility index (Phi) is 5.39. The van der Waals surface area contributed by atoms with Gasteiger partial charge in [0.05, 0.1) is 17.8 Å². The fourth-order valence-corrected chi connectivity index (χ4v) is 2.13. The summed E-state index contributed by atoms with van der Waals surface area (Å²) >= 11 is 12.0. The van der Waals surface area contributed by atoms with Gasteiger partial charge in [-0.05, 0) is 30.3 Å². The summed E-state index contributed by atoms with van der Waals surface area (Å²) in [4.78, 5) is 0.